The van der Waals surface area contributed by atoms with Crippen LogP contribution in [0.1, 0.15) is 11.6 Å². The standard InChI is InChI=1S/C11H15ClN2.2ClH/c1-14-7-6-13-11(8-14)9-2-4-10(12)5-3-9;;/h2-5,11,13H,6-8H2,1H3;2*1H. The van der Waals surface area contributed by atoms with Gasteiger partial charge in [0, 0.05) is 30.7 Å². The fourth-order valence-corrected chi connectivity index (χ4v) is 1.94. The maximum Gasteiger partial charge on any atom is 0.0449 e. The van der Waals surface area contributed by atoms with Gasteiger partial charge in [-0.05, 0) is 24.7 Å². The van der Waals surface area contributed by atoms with Crippen molar-refractivity contribution in [2.75, 3.05) is 26.7 Å². The van der Waals surface area contributed by atoms with Crippen LogP contribution in [0.4, 0.5) is 0 Å². The van der Waals surface area contributed by atoms with E-state index in [9.17, 15) is 0 Å². The molecule has 0 aromatic heterocycles. The first kappa shape index (κ1) is 16.0. The molecule has 1 fully saturated rings. The number of hydrogen-bond acceptors (Lipinski definition) is 2. The molecule has 0 saturated carbocycles. The van der Waals surface area contributed by atoms with E-state index in [4.69, 9.17) is 11.6 Å². The number of hydrogen-bond donors (Lipinski definition) is 1. The quantitative estimate of drug-likeness (QED) is 0.852. The van der Waals surface area contributed by atoms with E-state index in [-0.39, 0.29) is 24.8 Å². The number of likely N-dealkylation sites (N-methyl/N-ethyl adjacent to an activating group) is 1. The molecule has 92 valence electrons. The summed E-state index contributed by atoms with van der Waals surface area (Å²) in [5, 5.41) is 4.30. The molecule has 0 radical (unpaired) electrons. The third-order valence-electron chi connectivity index (χ3n) is 2.65. The second-order valence-corrected chi connectivity index (χ2v) is 4.26. The molecule has 1 aromatic carbocycles. The summed E-state index contributed by atoms with van der Waals surface area (Å²) < 4.78 is 0. The Morgan fingerprint density at radius 1 is 1.25 bits per heavy atom. The van der Waals surface area contributed by atoms with E-state index in [1.807, 2.05) is 12.1 Å². The average molecular weight is 284 g/mol. The molecule has 0 aliphatic carbocycles. The maximum absolute atomic E-state index is 5.85. The van der Waals surface area contributed by atoms with E-state index in [1.54, 1.807) is 0 Å². The fraction of sp³-hybridized carbons (Fsp3) is 0.455. The molecule has 0 amide bonds. The van der Waals surface area contributed by atoms with Crippen molar-refractivity contribution in [2.24, 2.45) is 0 Å². The first-order valence-electron chi connectivity index (χ1n) is 4.93. The summed E-state index contributed by atoms with van der Waals surface area (Å²) in [6.07, 6.45) is 0. The third kappa shape index (κ3) is 4.11. The van der Waals surface area contributed by atoms with Gasteiger partial charge in [-0.3, -0.25) is 0 Å². The lowest BCUT2D eigenvalue weighted by atomic mass is 10.1. The van der Waals surface area contributed by atoms with E-state index >= 15 is 0 Å². The van der Waals surface area contributed by atoms with Gasteiger partial charge >= 0.3 is 0 Å². The molecular weight excluding hydrogens is 266 g/mol. The highest BCUT2D eigenvalue weighted by atomic mass is 35.5. The minimum atomic E-state index is 0. The van der Waals surface area contributed by atoms with Gasteiger partial charge in [-0.2, -0.15) is 0 Å². The van der Waals surface area contributed by atoms with Gasteiger partial charge in [0.1, 0.15) is 0 Å². The minimum absolute atomic E-state index is 0. The molecule has 1 saturated heterocycles. The molecule has 1 heterocycles. The van der Waals surface area contributed by atoms with Gasteiger partial charge in [0.2, 0.25) is 0 Å². The molecule has 1 aliphatic heterocycles. The number of nitrogens with one attached hydrogen (secondary N) is 1. The third-order valence-corrected chi connectivity index (χ3v) is 2.90. The Balaban J connectivity index is 0.00000112. The molecule has 16 heavy (non-hydrogen) atoms. The molecule has 1 unspecified atom stereocenters. The van der Waals surface area contributed by atoms with Crippen LogP contribution in [0.25, 0.3) is 0 Å². The Kier molecular flexibility index (Phi) is 7.36. The van der Waals surface area contributed by atoms with Crippen LogP contribution in [-0.4, -0.2) is 31.6 Å². The van der Waals surface area contributed by atoms with Gasteiger partial charge in [0.15, 0.2) is 0 Å². The van der Waals surface area contributed by atoms with Crippen molar-refractivity contribution in [1.82, 2.24) is 10.2 Å². The summed E-state index contributed by atoms with van der Waals surface area (Å²) in [6.45, 7) is 3.26. The van der Waals surface area contributed by atoms with Crippen LogP contribution >= 0.6 is 36.4 Å². The Morgan fingerprint density at radius 2 is 1.88 bits per heavy atom. The summed E-state index contributed by atoms with van der Waals surface area (Å²) in [4.78, 5) is 2.34. The molecule has 5 heteroatoms. The molecule has 0 spiro atoms. The number of rotatable bonds is 1. The highest BCUT2D eigenvalue weighted by Crippen LogP contribution is 2.18. The second kappa shape index (κ2) is 7.36. The number of halogens is 3. The SMILES string of the molecule is CN1CCNC(c2ccc(Cl)cc2)C1.Cl.Cl. The topological polar surface area (TPSA) is 15.3 Å². The molecule has 1 aliphatic rings. The molecule has 1 atom stereocenters. The Bertz CT molecular complexity index is 303. The monoisotopic (exact) mass is 282 g/mol. The predicted molar refractivity (Wildman–Crippen MR) is 74.2 cm³/mol. The summed E-state index contributed by atoms with van der Waals surface area (Å²) in [6, 6.07) is 8.55. The normalized spacial score (nSPS) is 20.8. The van der Waals surface area contributed by atoms with E-state index in [0.29, 0.717) is 6.04 Å². The summed E-state index contributed by atoms with van der Waals surface area (Å²) >= 11 is 5.85. The van der Waals surface area contributed by atoms with Crippen LogP contribution < -0.4 is 5.32 Å². The lowest BCUT2D eigenvalue weighted by Gasteiger charge is -2.31. The number of benzene rings is 1. The second-order valence-electron chi connectivity index (χ2n) is 3.82. The predicted octanol–water partition coefficient (Wildman–Crippen LogP) is 2.76. The van der Waals surface area contributed by atoms with Crippen LogP contribution in [0, 0.1) is 0 Å². The largest absolute Gasteiger partial charge is 0.308 e. The minimum Gasteiger partial charge on any atom is -0.308 e. The smallest absolute Gasteiger partial charge is 0.0449 e. The number of nitrogens with zero attached hydrogens (tertiary/aromatic N) is 1. The number of piperazine rings is 1. The lowest BCUT2D eigenvalue weighted by Crippen LogP contribution is -2.43. The van der Waals surface area contributed by atoms with E-state index in [2.05, 4.69) is 29.4 Å². The summed E-state index contributed by atoms with van der Waals surface area (Å²) in [7, 11) is 2.16. The molecule has 1 aromatic rings. The van der Waals surface area contributed by atoms with E-state index in [1.165, 1.54) is 5.56 Å². The molecule has 2 rings (SSSR count). The Hall–Kier alpha value is 0.01000. The van der Waals surface area contributed by atoms with Crippen molar-refractivity contribution >= 4 is 36.4 Å². The van der Waals surface area contributed by atoms with Crippen molar-refractivity contribution in [3.05, 3.63) is 34.9 Å². The Labute approximate surface area is 114 Å². The van der Waals surface area contributed by atoms with Crippen molar-refractivity contribution in [1.29, 1.82) is 0 Å². The van der Waals surface area contributed by atoms with Gasteiger partial charge in [0.25, 0.3) is 0 Å². The van der Waals surface area contributed by atoms with Crippen molar-refractivity contribution in [3.63, 3.8) is 0 Å². The van der Waals surface area contributed by atoms with E-state index in [0.717, 1.165) is 24.7 Å². The molecule has 2 nitrogen and oxygen atoms in total. The van der Waals surface area contributed by atoms with Gasteiger partial charge in [-0.1, -0.05) is 23.7 Å². The van der Waals surface area contributed by atoms with Crippen LogP contribution in [-0.2, 0) is 0 Å². The molecule has 1 N–H and O–H groups in total. The van der Waals surface area contributed by atoms with Crippen LogP contribution in [0.15, 0.2) is 24.3 Å². The summed E-state index contributed by atoms with van der Waals surface area (Å²) in [5.74, 6) is 0. The van der Waals surface area contributed by atoms with Gasteiger partial charge in [0.05, 0.1) is 0 Å². The maximum atomic E-state index is 5.85. The zero-order valence-electron chi connectivity index (χ0n) is 9.15. The van der Waals surface area contributed by atoms with Crippen molar-refractivity contribution < 1.29 is 0 Å². The Morgan fingerprint density at radius 3 is 2.44 bits per heavy atom. The van der Waals surface area contributed by atoms with Crippen molar-refractivity contribution in [2.45, 2.75) is 6.04 Å². The first-order chi connectivity index (χ1) is 6.75. The zero-order chi connectivity index (χ0) is 9.97. The first-order valence-corrected chi connectivity index (χ1v) is 5.31. The van der Waals surface area contributed by atoms with Crippen LogP contribution in [0.5, 0.6) is 0 Å². The van der Waals surface area contributed by atoms with Gasteiger partial charge in [-0.25, -0.2) is 0 Å². The summed E-state index contributed by atoms with van der Waals surface area (Å²) in [5.41, 5.74) is 1.32. The van der Waals surface area contributed by atoms with Gasteiger partial charge in [-0.15, -0.1) is 24.8 Å². The molecule has 0 bridgehead atoms. The van der Waals surface area contributed by atoms with E-state index < -0.39 is 0 Å². The van der Waals surface area contributed by atoms with Crippen molar-refractivity contribution in [3.8, 4) is 0 Å². The van der Waals surface area contributed by atoms with Crippen LogP contribution in [0.2, 0.25) is 5.02 Å². The average Bonchev–Trinajstić information content (AvgIpc) is 2.19. The lowest BCUT2D eigenvalue weighted by molar-refractivity contribution is 0.241. The highest BCUT2D eigenvalue weighted by Gasteiger charge is 2.17. The van der Waals surface area contributed by atoms with Crippen LogP contribution in [0.3, 0.4) is 0 Å². The molecular formula is C11H17Cl3N2. The highest BCUT2D eigenvalue weighted by molar-refractivity contribution is 6.30. The zero-order valence-corrected chi connectivity index (χ0v) is 11.5. The fourth-order valence-electron chi connectivity index (χ4n) is 1.82. The van der Waals surface area contributed by atoms with Gasteiger partial charge < -0.3 is 10.2 Å².